The first-order valence-corrected chi connectivity index (χ1v) is 4.26. The molecule has 0 spiro atoms. The van der Waals surface area contributed by atoms with Crippen LogP contribution in [0, 0.1) is 0 Å². The highest BCUT2D eigenvalue weighted by molar-refractivity contribution is 5.73. The maximum Gasteiger partial charge on any atom is 0.316 e. The number of carbonyl (C=O) groups excluding carboxylic acids is 1. The summed E-state index contributed by atoms with van der Waals surface area (Å²) in [5.41, 5.74) is 0.439. The van der Waals surface area contributed by atoms with Crippen molar-refractivity contribution in [3.8, 4) is 6.01 Å². The molecule has 0 saturated carbocycles. The first-order chi connectivity index (χ1) is 6.86. The van der Waals surface area contributed by atoms with E-state index in [1.165, 1.54) is 12.4 Å². The van der Waals surface area contributed by atoms with Gasteiger partial charge in [0.25, 0.3) is 0 Å². The Morgan fingerprint density at radius 3 is 2.64 bits per heavy atom. The molecule has 1 rings (SSSR count). The Bertz CT molecular complexity index is 274. The van der Waals surface area contributed by atoms with E-state index >= 15 is 0 Å². The summed E-state index contributed by atoms with van der Waals surface area (Å²) in [5, 5.41) is 0. The van der Waals surface area contributed by atoms with Crippen molar-refractivity contribution in [1.29, 1.82) is 0 Å². The number of nitrogens with zero attached hydrogens (tertiary/aromatic N) is 2. The summed E-state index contributed by atoms with van der Waals surface area (Å²) in [5.74, 6) is 0. The zero-order valence-electron chi connectivity index (χ0n) is 7.97. The number of carbonyl (C=O) groups is 1. The third-order valence-corrected chi connectivity index (χ3v) is 1.51. The average Bonchev–Trinajstić information content (AvgIpc) is 2.25. The van der Waals surface area contributed by atoms with Gasteiger partial charge in [-0.15, -0.1) is 0 Å². The fourth-order valence-electron chi connectivity index (χ4n) is 0.828. The molecule has 0 aliphatic carbocycles. The molecule has 5 nitrogen and oxygen atoms in total. The third-order valence-electron chi connectivity index (χ3n) is 1.51. The summed E-state index contributed by atoms with van der Waals surface area (Å²) in [7, 11) is 1.63. The highest BCUT2D eigenvalue weighted by Crippen LogP contribution is 2.00. The van der Waals surface area contributed by atoms with E-state index in [-0.39, 0.29) is 6.01 Å². The predicted octanol–water partition coefficient (Wildman–Crippen LogP) is 0.704. The van der Waals surface area contributed by atoms with Crippen LogP contribution in [0.3, 0.4) is 0 Å². The molecule has 0 radical (unpaired) electrons. The molecular weight excluding hydrogens is 184 g/mol. The predicted molar refractivity (Wildman–Crippen MR) is 49.4 cm³/mol. The molecule has 0 unspecified atom stereocenters. The molecule has 0 amide bonds. The summed E-state index contributed by atoms with van der Waals surface area (Å²) in [6.45, 7) is 1.15. The first-order valence-electron chi connectivity index (χ1n) is 4.26. The molecule has 0 fully saturated rings. The van der Waals surface area contributed by atoms with Crippen molar-refractivity contribution in [3.05, 3.63) is 18.0 Å². The molecule has 0 N–H and O–H groups in total. The van der Waals surface area contributed by atoms with Crippen molar-refractivity contribution in [3.63, 3.8) is 0 Å². The van der Waals surface area contributed by atoms with Gasteiger partial charge in [0, 0.05) is 32.5 Å². The number of rotatable bonds is 6. The lowest BCUT2D eigenvalue weighted by molar-refractivity contribution is 0.112. The van der Waals surface area contributed by atoms with Crippen LogP contribution in [0.15, 0.2) is 12.4 Å². The van der Waals surface area contributed by atoms with Crippen molar-refractivity contribution >= 4 is 6.29 Å². The van der Waals surface area contributed by atoms with Gasteiger partial charge in [0.15, 0.2) is 6.29 Å². The quantitative estimate of drug-likeness (QED) is 0.495. The third kappa shape index (κ3) is 3.49. The Labute approximate surface area is 82.1 Å². The lowest BCUT2D eigenvalue weighted by Crippen LogP contribution is -2.04. The molecule has 0 saturated heterocycles. The maximum absolute atomic E-state index is 10.3. The highest BCUT2D eigenvalue weighted by atomic mass is 16.5. The molecule has 76 valence electrons. The monoisotopic (exact) mass is 196 g/mol. The number of aromatic nitrogens is 2. The van der Waals surface area contributed by atoms with E-state index in [1.54, 1.807) is 7.11 Å². The molecular formula is C9H12N2O3. The fraction of sp³-hybridized carbons (Fsp3) is 0.444. The zero-order chi connectivity index (χ0) is 10.2. The summed E-state index contributed by atoms with van der Waals surface area (Å²) in [6, 6.07) is 0.284. The van der Waals surface area contributed by atoms with Gasteiger partial charge >= 0.3 is 6.01 Å². The number of methoxy groups -OCH3 is 1. The molecule has 0 aromatic carbocycles. The van der Waals surface area contributed by atoms with Gasteiger partial charge < -0.3 is 9.47 Å². The Kier molecular flexibility index (Phi) is 4.57. The van der Waals surface area contributed by atoms with Gasteiger partial charge in [0.05, 0.1) is 12.2 Å². The number of hydrogen-bond acceptors (Lipinski definition) is 5. The summed E-state index contributed by atoms with van der Waals surface area (Å²) in [6.07, 6.45) is 4.32. The molecule has 1 aromatic heterocycles. The number of ether oxygens (including phenoxy) is 2. The molecule has 0 aliphatic heterocycles. The second kappa shape index (κ2) is 6.04. The first kappa shape index (κ1) is 10.6. The van der Waals surface area contributed by atoms with Crippen molar-refractivity contribution in [2.24, 2.45) is 0 Å². The minimum absolute atomic E-state index is 0.284. The van der Waals surface area contributed by atoms with Crippen LogP contribution in [-0.2, 0) is 4.74 Å². The highest BCUT2D eigenvalue weighted by Gasteiger charge is 1.97. The summed E-state index contributed by atoms with van der Waals surface area (Å²) >= 11 is 0. The Hall–Kier alpha value is -1.49. The minimum Gasteiger partial charge on any atom is -0.463 e. The molecule has 5 heteroatoms. The van der Waals surface area contributed by atoms with E-state index in [4.69, 9.17) is 9.47 Å². The minimum atomic E-state index is 0.284. The van der Waals surface area contributed by atoms with Crippen molar-refractivity contribution < 1.29 is 14.3 Å². The van der Waals surface area contributed by atoms with Gasteiger partial charge in [-0.3, -0.25) is 4.79 Å². The largest absolute Gasteiger partial charge is 0.463 e. The SMILES string of the molecule is COCCCOc1ncc(C=O)cn1. The zero-order valence-corrected chi connectivity index (χ0v) is 7.97. The lowest BCUT2D eigenvalue weighted by Gasteiger charge is -2.02. The van der Waals surface area contributed by atoms with Crippen LogP contribution in [-0.4, -0.2) is 36.6 Å². The van der Waals surface area contributed by atoms with E-state index in [9.17, 15) is 4.79 Å². The van der Waals surface area contributed by atoms with Gasteiger partial charge in [0.1, 0.15) is 0 Å². The number of aldehydes is 1. The molecule has 0 bridgehead atoms. The molecule has 0 atom stereocenters. The van der Waals surface area contributed by atoms with Crippen LogP contribution in [0.2, 0.25) is 0 Å². The molecule has 1 heterocycles. The van der Waals surface area contributed by atoms with Crippen LogP contribution in [0.5, 0.6) is 6.01 Å². The van der Waals surface area contributed by atoms with E-state index in [0.717, 1.165) is 6.42 Å². The van der Waals surface area contributed by atoms with E-state index < -0.39 is 0 Å². The van der Waals surface area contributed by atoms with Crippen molar-refractivity contribution in [2.45, 2.75) is 6.42 Å². The van der Waals surface area contributed by atoms with Crippen LogP contribution < -0.4 is 4.74 Å². The number of hydrogen-bond donors (Lipinski definition) is 0. The van der Waals surface area contributed by atoms with Gasteiger partial charge in [-0.2, -0.15) is 0 Å². The molecule has 1 aromatic rings. The van der Waals surface area contributed by atoms with E-state index in [0.29, 0.717) is 25.1 Å². The lowest BCUT2D eigenvalue weighted by atomic mass is 10.4. The van der Waals surface area contributed by atoms with Crippen LogP contribution >= 0.6 is 0 Å². The van der Waals surface area contributed by atoms with Crippen LogP contribution in [0.1, 0.15) is 16.8 Å². The second-order valence-electron chi connectivity index (χ2n) is 2.61. The van der Waals surface area contributed by atoms with Gasteiger partial charge in [-0.1, -0.05) is 0 Å². The average molecular weight is 196 g/mol. The fourth-order valence-corrected chi connectivity index (χ4v) is 0.828. The normalized spacial score (nSPS) is 9.79. The molecule has 14 heavy (non-hydrogen) atoms. The van der Waals surface area contributed by atoms with Crippen LogP contribution in [0.25, 0.3) is 0 Å². The van der Waals surface area contributed by atoms with Gasteiger partial charge in [-0.05, 0) is 0 Å². The van der Waals surface area contributed by atoms with Crippen LogP contribution in [0.4, 0.5) is 0 Å². The standard InChI is InChI=1S/C9H12N2O3/c1-13-3-2-4-14-9-10-5-8(7-12)6-11-9/h5-7H,2-4H2,1H3. The smallest absolute Gasteiger partial charge is 0.316 e. The van der Waals surface area contributed by atoms with Gasteiger partial charge in [-0.25, -0.2) is 9.97 Å². The van der Waals surface area contributed by atoms with E-state index in [2.05, 4.69) is 9.97 Å². The summed E-state index contributed by atoms with van der Waals surface area (Å²) in [4.78, 5) is 18.0. The second-order valence-corrected chi connectivity index (χ2v) is 2.61. The Morgan fingerprint density at radius 2 is 2.07 bits per heavy atom. The Balaban J connectivity index is 2.32. The Morgan fingerprint density at radius 1 is 1.36 bits per heavy atom. The van der Waals surface area contributed by atoms with Gasteiger partial charge in [0.2, 0.25) is 0 Å². The molecule has 0 aliphatic rings. The topological polar surface area (TPSA) is 61.3 Å². The maximum atomic E-state index is 10.3. The van der Waals surface area contributed by atoms with Crippen molar-refractivity contribution in [2.75, 3.05) is 20.3 Å². The van der Waals surface area contributed by atoms with Crippen molar-refractivity contribution in [1.82, 2.24) is 9.97 Å². The van der Waals surface area contributed by atoms with E-state index in [1.807, 2.05) is 0 Å². The summed E-state index contributed by atoms with van der Waals surface area (Å²) < 4.78 is 10.0.